The molecule has 140 valence electrons. The molecule has 2 amide bonds. The summed E-state index contributed by atoms with van der Waals surface area (Å²) < 4.78 is 1.27. The van der Waals surface area contributed by atoms with E-state index in [1.165, 1.54) is 4.57 Å². The summed E-state index contributed by atoms with van der Waals surface area (Å²) in [6.45, 7) is 1.93. The molecule has 28 heavy (non-hydrogen) atoms. The molecule has 3 aromatic rings. The van der Waals surface area contributed by atoms with Crippen LogP contribution in [0.4, 0.5) is 11.5 Å². The number of imide groups is 1. The fraction of sp³-hybridized carbons (Fsp3) is 0.200. The van der Waals surface area contributed by atoms with Crippen LogP contribution >= 0.6 is 0 Å². The van der Waals surface area contributed by atoms with Crippen molar-refractivity contribution >= 4 is 34.2 Å². The molecule has 1 fully saturated rings. The van der Waals surface area contributed by atoms with E-state index in [0.29, 0.717) is 5.69 Å². The van der Waals surface area contributed by atoms with Crippen LogP contribution in [0.5, 0.6) is 0 Å². The third-order valence-electron chi connectivity index (χ3n) is 5.37. The van der Waals surface area contributed by atoms with Gasteiger partial charge in [-0.1, -0.05) is 0 Å². The minimum absolute atomic E-state index is 0.0138. The van der Waals surface area contributed by atoms with Crippen molar-refractivity contribution in [1.82, 2.24) is 14.9 Å². The van der Waals surface area contributed by atoms with Crippen molar-refractivity contribution in [1.29, 1.82) is 0 Å². The number of amides is 2. The number of nitrogens with two attached hydrogens (primary N) is 1. The summed E-state index contributed by atoms with van der Waals surface area (Å²) in [7, 11) is 0. The summed E-state index contributed by atoms with van der Waals surface area (Å²) in [5.41, 5.74) is 8.08. The Labute approximate surface area is 159 Å². The smallest absolute Gasteiger partial charge is 0.262 e. The molecule has 0 saturated carbocycles. The number of hydrogen-bond donors (Lipinski definition) is 2. The molecule has 3 N–H and O–H groups in total. The number of benzene rings is 1. The lowest BCUT2D eigenvalue weighted by atomic mass is 10.1. The number of hydrogen-bond acceptors (Lipinski definition) is 6. The van der Waals surface area contributed by atoms with Crippen LogP contribution < -0.4 is 21.5 Å². The number of carbonyl (C=O) groups excluding carboxylic acids is 2. The summed E-state index contributed by atoms with van der Waals surface area (Å²) in [5, 5.41) is 2.94. The Morgan fingerprint density at radius 2 is 1.75 bits per heavy atom. The molecule has 4 heterocycles. The molecule has 1 saturated heterocycles. The largest absolute Gasteiger partial charge is 0.384 e. The van der Waals surface area contributed by atoms with Crippen LogP contribution in [0.2, 0.25) is 0 Å². The quantitative estimate of drug-likeness (QED) is 0.656. The first-order valence-corrected chi connectivity index (χ1v) is 9.10. The second-order valence-corrected chi connectivity index (χ2v) is 6.97. The zero-order valence-electron chi connectivity index (χ0n) is 14.9. The molecule has 5 rings (SSSR count). The first-order valence-electron chi connectivity index (χ1n) is 9.10. The number of aromatic nitrogens is 2. The maximum absolute atomic E-state index is 12.8. The summed E-state index contributed by atoms with van der Waals surface area (Å²) in [6.07, 6.45) is 3.99. The van der Waals surface area contributed by atoms with Gasteiger partial charge in [-0.2, -0.15) is 0 Å². The highest BCUT2D eigenvalue weighted by atomic mass is 16.2. The van der Waals surface area contributed by atoms with Crippen LogP contribution in [-0.2, 0) is 0 Å². The van der Waals surface area contributed by atoms with Crippen LogP contribution in [-0.4, -0.2) is 34.5 Å². The van der Waals surface area contributed by atoms with Crippen LogP contribution in [0.1, 0.15) is 33.6 Å². The highest BCUT2D eigenvalue weighted by molar-refractivity contribution is 6.23. The molecule has 0 spiro atoms. The zero-order chi connectivity index (χ0) is 19.4. The number of nitrogen functional groups attached to an aromatic ring is 1. The monoisotopic (exact) mass is 375 g/mol. The van der Waals surface area contributed by atoms with Crippen LogP contribution in [0.25, 0.3) is 16.6 Å². The predicted molar refractivity (Wildman–Crippen MR) is 105 cm³/mol. The van der Waals surface area contributed by atoms with Crippen LogP contribution in [0.3, 0.4) is 0 Å². The number of fused-ring (bicyclic) bond motifs is 2. The molecule has 1 aromatic carbocycles. The molecule has 0 aliphatic carbocycles. The second kappa shape index (κ2) is 5.91. The lowest BCUT2D eigenvalue weighted by molar-refractivity contribution is 0.0880. The van der Waals surface area contributed by atoms with Crippen LogP contribution in [0, 0.1) is 0 Å². The van der Waals surface area contributed by atoms with Crippen LogP contribution in [0.15, 0.2) is 41.3 Å². The van der Waals surface area contributed by atoms with E-state index in [1.807, 2.05) is 18.2 Å². The summed E-state index contributed by atoms with van der Waals surface area (Å²) in [5.74, 6) is -1.25. The SMILES string of the molecule is Nc1c2c(cc(=O)n1-c1ccc(N3CCCC3)c3ncccc13)C(=O)NC2=O. The molecule has 0 unspecified atom stereocenters. The average Bonchev–Trinajstić information content (AvgIpc) is 3.30. The van der Waals surface area contributed by atoms with Crippen molar-refractivity contribution in [2.45, 2.75) is 12.8 Å². The number of nitrogens with one attached hydrogen (secondary N) is 1. The lowest BCUT2D eigenvalue weighted by Crippen LogP contribution is -2.24. The number of nitrogens with zero attached hydrogens (tertiary/aromatic N) is 3. The van der Waals surface area contributed by atoms with E-state index in [2.05, 4.69) is 15.2 Å². The van der Waals surface area contributed by atoms with Gasteiger partial charge in [0, 0.05) is 30.7 Å². The average molecular weight is 375 g/mol. The predicted octanol–water partition coefficient (Wildman–Crippen LogP) is 1.45. The zero-order valence-corrected chi connectivity index (χ0v) is 14.9. The Morgan fingerprint density at radius 3 is 2.54 bits per heavy atom. The summed E-state index contributed by atoms with van der Waals surface area (Å²) in [4.78, 5) is 43.6. The van der Waals surface area contributed by atoms with Gasteiger partial charge in [0.05, 0.1) is 28.0 Å². The van der Waals surface area contributed by atoms with Gasteiger partial charge in [-0.3, -0.25) is 29.3 Å². The highest BCUT2D eigenvalue weighted by Crippen LogP contribution is 2.33. The van der Waals surface area contributed by atoms with Gasteiger partial charge < -0.3 is 10.6 Å². The first kappa shape index (κ1) is 16.5. The standard InChI is InChI=1S/C20H17N5O3/c21-18-16-12(19(27)23-20(16)28)10-15(26)25(18)13-5-6-14(24-8-1-2-9-24)17-11(13)4-3-7-22-17/h3-7,10H,1-2,8-9,21H2,(H,23,27,28). The first-order chi connectivity index (χ1) is 13.6. The summed E-state index contributed by atoms with van der Waals surface area (Å²) >= 11 is 0. The van der Waals surface area contributed by atoms with Crippen molar-refractivity contribution in [2.24, 2.45) is 0 Å². The molecule has 2 aliphatic rings. The maximum atomic E-state index is 12.8. The fourth-order valence-corrected chi connectivity index (χ4v) is 4.08. The van der Waals surface area contributed by atoms with Gasteiger partial charge in [-0.25, -0.2) is 0 Å². The van der Waals surface area contributed by atoms with Gasteiger partial charge in [0.2, 0.25) is 0 Å². The van der Waals surface area contributed by atoms with E-state index in [4.69, 9.17) is 5.73 Å². The number of pyridine rings is 2. The number of anilines is 2. The molecule has 0 atom stereocenters. The lowest BCUT2D eigenvalue weighted by Gasteiger charge is -2.21. The van der Waals surface area contributed by atoms with Gasteiger partial charge in [0.15, 0.2) is 0 Å². The van der Waals surface area contributed by atoms with Gasteiger partial charge in [0.1, 0.15) is 5.82 Å². The topological polar surface area (TPSA) is 110 Å². The Bertz CT molecular complexity index is 1220. The fourth-order valence-electron chi connectivity index (χ4n) is 4.08. The van der Waals surface area contributed by atoms with E-state index in [0.717, 1.165) is 48.6 Å². The van der Waals surface area contributed by atoms with Crippen molar-refractivity contribution in [3.05, 3.63) is 58.0 Å². The molecular formula is C20H17N5O3. The summed E-state index contributed by atoms with van der Waals surface area (Å²) in [6, 6.07) is 8.57. The van der Waals surface area contributed by atoms with E-state index >= 15 is 0 Å². The Morgan fingerprint density at radius 1 is 1.00 bits per heavy atom. The van der Waals surface area contributed by atoms with E-state index in [9.17, 15) is 14.4 Å². The Balaban J connectivity index is 1.79. The molecule has 8 nitrogen and oxygen atoms in total. The minimum atomic E-state index is -0.605. The Kier molecular flexibility index (Phi) is 3.48. The maximum Gasteiger partial charge on any atom is 0.262 e. The van der Waals surface area contributed by atoms with Crippen molar-refractivity contribution in [2.75, 3.05) is 23.7 Å². The van der Waals surface area contributed by atoms with Crippen molar-refractivity contribution in [3.8, 4) is 5.69 Å². The second-order valence-electron chi connectivity index (χ2n) is 6.97. The van der Waals surface area contributed by atoms with E-state index in [1.54, 1.807) is 12.3 Å². The molecular weight excluding hydrogens is 358 g/mol. The molecule has 2 aliphatic heterocycles. The number of carbonyl (C=O) groups is 2. The van der Waals surface area contributed by atoms with Gasteiger partial charge >= 0.3 is 0 Å². The molecule has 0 radical (unpaired) electrons. The van der Waals surface area contributed by atoms with E-state index < -0.39 is 17.4 Å². The number of rotatable bonds is 2. The third kappa shape index (κ3) is 2.24. The normalized spacial score (nSPS) is 15.9. The molecule has 0 bridgehead atoms. The van der Waals surface area contributed by atoms with Gasteiger partial charge in [0.25, 0.3) is 17.4 Å². The van der Waals surface area contributed by atoms with Crippen molar-refractivity contribution < 1.29 is 9.59 Å². The third-order valence-corrected chi connectivity index (χ3v) is 5.37. The molecule has 8 heteroatoms. The minimum Gasteiger partial charge on any atom is -0.384 e. The molecule has 2 aromatic heterocycles. The van der Waals surface area contributed by atoms with E-state index in [-0.39, 0.29) is 16.9 Å². The van der Waals surface area contributed by atoms with Gasteiger partial charge in [-0.05, 0) is 37.1 Å². The van der Waals surface area contributed by atoms with Gasteiger partial charge in [-0.15, -0.1) is 0 Å². The highest BCUT2D eigenvalue weighted by Gasteiger charge is 2.32. The Hall–Kier alpha value is -3.68. The van der Waals surface area contributed by atoms with Crippen molar-refractivity contribution in [3.63, 3.8) is 0 Å².